The van der Waals surface area contributed by atoms with E-state index in [1.807, 2.05) is 38.1 Å². The quantitative estimate of drug-likeness (QED) is 0.0137. The number of aromatic nitrogens is 1. The van der Waals surface area contributed by atoms with Crippen LogP contribution >= 0.6 is 0 Å². The molecular formula is C61H83N15O14. The molecule has 0 unspecified atom stereocenters. The molecule has 90 heavy (non-hydrogen) atoms. The largest absolute Gasteiger partial charge is 0.508 e. The molecule has 2 fully saturated rings. The molecule has 11 amide bonds. The summed E-state index contributed by atoms with van der Waals surface area (Å²) in [5.41, 5.74) is 13.9. The number of primary amides is 2. The summed E-state index contributed by atoms with van der Waals surface area (Å²) in [7, 11) is 1.55. The number of carbonyl (C=O) groups excluding carboxylic acids is 11. The number of nitrogens with one attached hydrogen (secondary N) is 11. The van der Waals surface area contributed by atoms with E-state index in [-0.39, 0.29) is 88.6 Å². The van der Waals surface area contributed by atoms with E-state index in [4.69, 9.17) is 16.9 Å². The van der Waals surface area contributed by atoms with Crippen LogP contribution in [0.25, 0.3) is 10.9 Å². The third-order valence-corrected chi connectivity index (χ3v) is 15.5. The van der Waals surface area contributed by atoms with Crippen LogP contribution in [0.2, 0.25) is 0 Å². The summed E-state index contributed by atoms with van der Waals surface area (Å²) in [5, 5.41) is 63.8. The highest BCUT2D eigenvalue weighted by Crippen LogP contribution is 2.24. The van der Waals surface area contributed by atoms with E-state index in [9.17, 15) is 68.1 Å². The monoisotopic (exact) mass is 1250 g/mol. The van der Waals surface area contributed by atoms with Gasteiger partial charge in [0.05, 0.1) is 18.6 Å². The van der Waals surface area contributed by atoms with Crippen molar-refractivity contribution in [3.8, 4) is 5.75 Å². The third kappa shape index (κ3) is 19.7. The van der Waals surface area contributed by atoms with Crippen LogP contribution in [-0.2, 0) is 72.0 Å². The number of likely N-dealkylation sites (tertiary alicyclic amines) is 2. The first-order valence-electron chi connectivity index (χ1n) is 29.7. The number of H-pyrrole nitrogens is 1. The number of nitrogens with two attached hydrogens (primary N) is 2. The standard InChI is InChI=1S/C61H83N15O14/c1-32(2)24-44(54(84)69-42(16-11-22-66-61(64)65-5)53(83)70-43(52(63)82)27-37-30-67-41-15-10-9-14-40(37)41)71-56(86)48-21-23-75(48)59(89)47(25-35-12-7-6-8-13-35)73-58(88)51(33(3)77)74-55(85)45(29-50(62)81)72-57(87)49-28-39(80)31-76(49)60(90)46(68-34(4)78)26-36-17-19-38(79)20-18-36/h6-10,12-15,17-20,30,32-33,39,42-49,51,67,77,79-80H,11,16,21-29,31H2,1-5H3,(H2,62,81)(H2,63,82)(H,68,78)(H,69,84)(H,70,83)(H,71,86)(H,72,87)(H,73,88)(H,74,85)(H3,64,65,66)/t33-,39-,42+,43+,44+,45+,46-,47+,48+,49+,51+/m1/s1. The maximum Gasteiger partial charge on any atom is 0.246 e. The fraction of sp³-hybridized carbons (Fsp3) is 0.475. The Morgan fingerprint density at radius 1 is 0.667 bits per heavy atom. The zero-order chi connectivity index (χ0) is 65.9. The van der Waals surface area contributed by atoms with Crippen LogP contribution in [0, 0.1) is 11.3 Å². The molecule has 1 aromatic heterocycles. The van der Waals surface area contributed by atoms with Gasteiger partial charge in [0.25, 0.3) is 0 Å². The number of aliphatic hydroxyl groups excluding tert-OH is 2. The lowest BCUT2D eigenvalue weighted by molar-refractivity contribution is -0.151. The highest BCUT2D eigenvalue weighted by molar-refractivity contribution is 6.00. The van der Waals surface area contributed by atoms with Crippen LogP contribution in [0.3, 0.4) is 0 Å². The molecule has 18 N–H and O–H groups in total. The average Bonchev–Trinajstić information content (AvgIpc) is 1.48. The maximum absolute atomic E-state index is 14.7. The first-order valence-corrected chi connectivity index (χ1v) is 29.7. The first kappa shape index (κ1) is 69.5. The molecule has 29 heteroatoms. The molecule has 0 bridgehead atoms. The summed E-state index contributed by atoms with van der Waals surface area (Å²) in [4.78, 5) is 157. The Balaban J connectivity index is 1.15. The van der Waals surface area contributed by atoms with Crippen molar-refractivity contribution in [3.63, 3.8) is 0 Å². The number of hydrogen-bond acceptors (Lipinski definition) is 15. The minimum atomic E-state index is -1.86. The number of fused-ring (bicyclic) bond motifs is 1. The Hall–Kier alpha value is -9.64. The van der Waals surface area contributed by atoms with Gasteiger partial charge in [-0.1, -0.05) is 74.5 Å². The van der Waals surface area contributed by atoms with Crippen LogP contribution in [0.5, 0.6) is 5.75 Å². The molecule has 0 aliphatic carbocycles. The predicted molar refractivity (Wildman–Crippen MR) is 328 cm³/mol. The second kappa shape index (κ2) is 32.5. The van der Waals surface area contributed by atoms with Crippen LogP contribution in [0.4, 0.5) is 0 Å². The number of aliphatic hydroxyl groups is 2. The van der Waals surface area contributed by atoms with E-state index in [0.717, 1.165) is 22.7 Å². The molecule has 486 valence electrons. The van der Waals surface area contributed by atoms with Crippen LogP contribution in [0.15, 0.2) is 85.1 Å². The summed E-state index contributed by atoms with van der Waals surface area (Å²) >= 11 is 0. The van der Waals surface area contributed by atoms with E-state index in [1.165, 1.54) is 36.1 Å². The fourth-order valence-electron chi connectivity index (χ4n) is 10.7. The number of benzene rings is 3. The molecule has 2 saturated heterocycles. The zero-order valence-corrected chi connectivity index (χ0v) is 50.9. The molecule has 0 spiro atoms. The molecule has 3 aromatic carbocycles. The van der Waals surface area contributed by atoms with E-state index < -0.39 is 138 Å². The summed E-state index contributed by atoms with van der Waals surface area (Å²) in [6.07, 6.45) is -2.11. The van der Waals surface area contributed by atoms with E-state index in [0.29, 0.717) is 16.7 Å². The molecule has 0 radical (unpaired) electrons. The molecule has 2 aliphatic rings. The minimum absolute atomic E-state index is 0.0167. The number of carbonyl (C=O) groups is 11. The van der Waals surface area contributed by atoms with Gasteiger partial charge in [0.2, 0.25) is 65.0 Å². The number of amides is 11. The Labute approximate surface area is 519 Å². The number of phenols is 1. The first-order chi connectivity index (χ1) is 42.7. The second-order valence-corrected chi connectivity index (χ2v) is 23.0. The highest BCUT2D eigenvalue weighted by atomic mass is 16.3. The third-order valence-electron chi connectivity index (χ3n) is 15.5. The van der Waals surface area contributed by atoms with Gasteiger partial charge in [0.15, 0.2) is 5.96 Å². The van der Waals surface area contributed by atoms with E-state index >= 15 is 0 Å². The SMILES string of the molecule is CNC(=N)NCCC[C@H](NC(=O)[C@H](CC(C)C)NC(=O)[C@@H]1CCN1C(=O)[C@H](Cc1ccccc1)NC(=O)[C@@H](NC(=O)[C@H](CC(N)=O)NC(=O)[C@@H]1C[C@@H](O)CN1C(=O)[C@@H](Cc1ccc(O)cc1)NC(C)=O)[C@@H](C)O)C(=O)N[C@@H](Cc1c[nH]c2ccccc12)C(N)=O. The molecule has 0 saturated carbocycles. The second-order valence-electron chi connectivity index (χ2n) is 23.0. The fourth-order valence-corrected chi connectivity index (χ4v) is 10.7. The maximum atomic E-state index is 14.7. The highest BCUT2D eigenvalue weighted by Gasteiger charge is 2.45. The normalized spacial score (nSPS) is 17.9. The molecule has 4 aromatic rings. The number of β-amino-alcohol motifs (C(OH)–C–C–N with tert-alkyl or cyclic N) is 1. The number of para-hydroxylation sites is 1. The Bertz CT molecular complexity index is 3230. The molecule has 11 atom stereocenters. The van der Waals surface area contributed by atoms with Crippen molar-refractivity contribution in [3.05, 3.63) is 102 Å². The molecular weight excluding hydrogens is 1170 g/mol. The van der Waals surface area contributed by atoms with Crippen molar-refractivity contribution in [2.45, 2.75) is 152 Å². The van der Waals surface area contributed by atoms with Crippen molar-refractivity contribution in [1.82, 2.24) is 62.6 Å². The number of phenolic OH excluding ortho intramolecular Hbond substituents is 1. The summed E-state index contributed by atoms with van der Waals surface area (Å²) in [5.74, 6) is -9.78. The lowest BCUT2D eigenvalue weighted by Crippen LogP contribution is -2.66. The Kier molecular flexibility index (Phi) is 25.1. The minimum Gasteiger partial charge on any atom is -0.508 e. The topological polar surface area (TPSA) is 455 Å². The Morgan fingerprint density at radius 3 is 1.86 bits per heavy atom. The molecule has 29 nitrogen and oxygen atoms in total. The van der Waals surface area contributed by atoms with Crippen molar-refractivity contribution < 1.29 is 68.1 Å². The van der Waals surface area contributed by atoms with Gasteiger partial charge in [-0.25, -0.2) is 0 Å². The lowest BCUT2D eigenvalue weighted by atomic mass is 9.96. The number of guanidine groups is 1. The van der Waals surface area contributed by atoms with E-state index in [1.54, 1.807) is 43.6 Å². The van der Waals surface area contributed by atoms with Gasteiger partial charge < -0.3 is 89.4 Å². The molecule has 6 rings (SSSR count). The van der Waals surface area contributed by atoms with Crippen LogP contribution < -0.4 is 59.3 Å². The van der Waals surface area contributed by atoms with Gasteiger partial charge >= 0.3 is 0 Å². The summed E-state index contributed by atoms with van der Waals surface area (Å²) in [6, 6.07) is 8.93. The summed E-state index contributed by atoms with van der Waals surface area (Å²) in [6.45, 7) is 5.84. The number of nitrogens with zero attached hydrogens (tertiary/aromatic N) is 2. The summed E-state index contributed by atoms with van der Waals surface area (Å²) < 4.78 is 0. The van der Waals surface area contributed by atoms with E-state index in [2.05, 4.69) is 52.8 Å². The van der Waals surface area contributed by atoms with Crippen molar-refractivity contribution in [1.29, 1.82) is 5.41 Å². The zero-order valence-electron chi connectivity index (χ0n) is 50.9. The van der Waals surface area contributed by atoms with Crippen LogP contribution in [-0.4, -0.2) is 194 Å². The smallest absolute Gasteiger partial charge is 0.246 e. The predicted octanol–water partition coefficient (Wildman–Crippen LogP) is -2.81. The van der Waals surface area contributed by atoms with Gasteiger partial charge in [-0.05, 0) is 73.4 Å². The lowest BCUT2D eigenvalue weighted by Gasteiger charge is -2.42. The van der Waals surface area contributed by atoms with Gasteiger partial charge in [0, 0.05) is 76.4 Å². The molecule has 3 heterocycles. The average molecular weight is 1250 g/mol. The van der Waals surface area contributed by atoms with Gasteiger partial charge in [-0.2, -0.15) is 0 Å². The number of aromatic amines is 1. The van der Waals surface area contributed by atoms with Crippen molar-refractivity contribution in [2.24, 2.45) is 17.4 Å². The van der Waals surface area contributed by atoms with Crippen molar-refractivity contribution in [2.75, 3.05) is 26.7 Å². The Morgan fingerprint density at radius 2 is 1.24 bits per heavy atom. The van der Waals surface area contributed by atoms with Gasteiger partial charge in [-0.3, -0.25) is 58.1 Å². The van der Waals surface area contributed by atoms with Crippen molar-refractivity contribution >= 4 is 81.8 Å². The number of aromatic hydroxyl groups is 1. The van der Waals surface area contributed by atoms with Gasteiger partial charge in [0.1, 0.15) is 60.1 Å². The molecule has 2 aliphatic heterocycles. The van der Waals surface area contributed by atoms with Crippen LogP contribution in [0.1, 0.15) is 82.9 Å². The number of rotatable bonds is 31. The number of hydrogen-bond donors (Lipinski definition) is 16. The van der Waals surface area contributed by atoms with Gasteiger partial charge in [-0.15, -0.1) is 0 Å².